The van der Waals surface area contributed by atoms with Crippen molar-refractivity contribution < 1.29 is 9.90 Å². The summed E-state index contributed by atoms with van der Waals surface area (Å²) in [5.74, 6) is -0.439. The number of rotatable bonds is 4. The van der Waals surface area contributed by atoms with Gasteiger partial charge < -0.3 is 5.11 Å². The van der Waals surface area contributed by atoms with Gasteiger partial charge >= 0.3 is 5.97 Å². The fourth-order valence-electron chi connectivity index (χ4n) is 2.22. The molecule has 1 heterocycles. The summed E-state index contributed by atoms with van der Waals surface area (Å²) in [5.41, 5.74) is -0.526. The summed E-state index contributed by atoms with van der Waals surface area (Å²) in [6.07, 6.45) is 4.87. The third-order valence-corrected chi connectivity index (χ3v) is 3.51. The van der Waals surface area contributed by atoms with Gasteiger partial charge in [-0.15, -0.1) is 0 Å². The SMILES string of the molecule is C/C=C/CN1CCC(C(=O)O)(C(C)C)C1. The van der Waals surface area contributed by atoms with Crippen LogP contribution in [-0.2, 0) is 4.79 Å². The van der Waals surface area contributed by atoms with Crippen LogP contribution in [-0.4, -0.2) is 35.6 Å². The lowest BCUT2D eigenvalue weighted by Crippen LogP contribution is -2.39. The zero-order valence-electron chi connectivity index (χ0n) is 9.86. The van der Waals surface area contributed by atoms with Gasteiger partial charge in [0.2, 0.25) is 0 Å². The molecule has 1 aliphatic heterocycles. The minimum Gasteiger partial charge on any atom is -0.481 e. The van der Waals surface area contributed by atoms with E-state index in [0.29, 0.717) is 6.54 Å². The summed E-state index contributed by atoms with van der Waals surface area (Å²) < 4.78 is 0. The molecule has 0 saturated carbocycles. The lowest BCUT2D eigenvalue weighted by atomic mass is 9.76. The molecule has 1 rings (SSSR count). The van der Waals surface area contributed by atoms with E-state index in [9.17, 15) is 9.90 Å². The van der Waals surface area contributed by atoms with Gasteiger partial charge in [-0.2, -0.15) is 0 Å². The Bertz CT molecular complexity index is 260. The molecule has 0 bridgehead atoms. The summed E-state index contributed by atoms with van der Waals surface area (Å²) in [7, 11) is 0. The molecule has 0 radical (unpaired) electrons. The molecule has 86 valence electrons. The largest absolute Gasteiger partial charge is 0.481 e. The minimum absolute atomic E-state index is 0.200. The number of aliphatic carboxylic acids is 1. The van der Waals surface area contributed by atoms with Crippen LogP contribution in [0, 0.1) is 11.3 Å². The number of carbonyl (C=O) groups is 1. The van der Waals surface area contributed by atoms with Crippen LogP contribution in [0.3, 0.4) is 0 Å². The third kappa shape index (κ3) is 2.40. The van der Waals surface area contributed by atoms with Crippen LogP contribution < -0.4 is 0 Å². The fraction of sp³-hybridized carbons (Fsp3) is 0.750. The van der Waals surface area contributed by atoms with E-state index in [1.165, 1.54) is 0 Å². The molecular formula is C12H21NO2. The first kappa shape index (κ1) is 12.2. The van der Waals surface area contributed by atoms with Gasteiger partial charge in [-0.25, -0.2) is 0 Å². The predicted molar refractivity (Wildman–Crippen MR) is 60.8 cm³/mol. The molecule has 0 spiro atoms. The number of carboxylic acids is 1. The first-order valence-corrected chi connectivity index (χ1v) is 5.60. The van der Waals surface area contributed by atoms with Crippen LogP contribution in [0.25, 0.3) is 0 Å². The number of likely N-dealkylation sites (tertiary alicyclic amines) is 1. The Balaban J connectivity index is 2.68. The van der Waals surface area contributed by atoms with Crippen molar-refractivity contribution in [1.29, 1.82) is 0 Å². The second-order valence-electron chi connectivity index (χ2n) is 4.67. The van der Waals surface area contributed by atoms with E-state index in [1.54, 1.807) is 0 Å². The first-order valence-electron chi connectivity index (χ1n) is 5.60. The number of nitrogens with zero attached hydrogens (tertiary/aromatic N) is 1. The predicted octanol–water partition coefficient (Wildman–Crippen LogP) is 2.00. The van der Waals surface area contributed by atoms with Gasteiger partial charge in [-0.05, 0) is 25.8 Å². The molecule has 0 amide bonds. The van der Waals surface area contributed by atoms with E-state index >= 15 is 0 Å². The normalized spacial score (nSPS) is 28.0. The quantitative estimate of drug-likeness (QED) is 0.723. The monoisotopic (exact) mass is 211 g/mol. The molecule has 0 aromatic carbocycles. The maximum Gasteiger partial charge on any atom is 0.311 e. The van der Waals surface area contributed by atoms with Crippen molar-refractivity contribution >= 4 is 5.97 Å². The zero-order valence-corrected chi connectivity index (χ0v) is 9.86. The lowest BCUT2D eigenvalue weighted by Gasteiger charge is -2.28. The molecule has 1 aliphatic rings. The topological polar surface area (TPSA) is 40.5 Å². The van der Waals surface area contributed by atoms with E-state index in [0.717, 1.165) is 19.5 Å². The van der Waals surface area contributed by atoms with Gasteiger partial charge in [0.25, 0.3) is 0 Å². The highest BCUT2D eigenvalue weighted by molar-refractivity contribution is 5.75. The Labute approximate surface area is 91.8 Å². The van der Waals surface area contributed by atoms with Gasteiger partial charge in [-0.3, -0.25) is 9.69 Å². The van der Waals surface area contributed by atoms with E-state index in [2.05, 4.69) is 11.0 Å². The third-order valence-electron chi connectivity index (χ3n) is 3.51. The number of hydrogen-bond acceptors (Lipinski definition) is 2. The highest BCUT2D eigenvalue weighted by atomic mass is 16.4. The number of allylic oxidation sites excluding steroid dienone is 1. The summed E-state index contributed by atoms with van der Waals surface area (Å²) in [4.78, 5) is 13.6. The summed E-state index contributed by atoms with van der Waals surface area (Å²) in [6, 6.07) is 0. The van der Waals surface area contributed by atoms with Crippen LogP contribution in [0.1, 0.15) is 27.2 Å². The molecule has 0 aliphatic carbocycles. The molecular weight excluding hydrogens is 190 g/mol. The van der Waals surface area contributed by atoms with Crippen LogP contribution in [0.15, 0.2) is 12.2 Å². The van der Waals surface area contributed by atoms with Crippen LogP contribution in [0.2, 0.25) is 0 Å². The highest BCUT2D eigenvalue weighted by Crippen LogP contribution is 2.37. The second kappa shape index (κ2) is 4.79. The average molecular weight is 211 g/mol. The van der Waals surface area contributed by atoms with Gasteiger partial charge in [-0.1, -0.05) is 26.0 Å². The zero-order chi connectivity index (χ0) is 11.5. The molecule has 3 heteroatoms. The Morgan fingerprint density at radius 3 is 2.67 bits per heavy atom. The molecule has 0 aromatic rings. The molecule has 1 N–H and O–H groups in total. The summed E-state index contributed by atoms with van der Waals surface area (Å²) >= 11 is 0. The van der Waals surface area contributed by atoms with Gasteiger partial charge in [0.05, 0.1) is 5.41 Å². The standard InChI is InChI=1S/C12H21NO2/c1-4-5-7-13-8-6-12(9-13,10(2)3)11(14)15/h4-5,10H,6-9H2,1-3H3,(H,14,15)/b5-4+. The second-order valence-corrected chi connectivity index (χ2v) is 4.67. The number of carboxylic acid groups (broad SMARTS) is 1. The van der Waals surface area contributed by atoms with Crippen molar-refractivity contribution in [2.24, 2.45) is 11.3 Å². The van der Waals surface area contributed by atoms with Gasteiger partial charge in [0.15, 0.2) is 0 Å². The summed E-state index contributed by atoms with van der Waals surface area (Å²) in [6.45, 7) is 8.46. The van der Waals surface area contributed by atoms with Crippen molar-refractivity contribution in [3.8, 4) is 0 Å². The van der Waals surface area contributed by atoms with Crippen molar-refractivity contribution in [2.75, 3.05) is 19.6 Å². The average Bonchev–Trinajstić information content (AvgIpc) is 2.60. The molecule has 0 aromatic heterocycles. The summed E-state index contributed by atoms with van der Waals surface area (Å²) in [5, 5.41) is 9.33. The van der Waals surface area contributed by atoms with E-state index < -0.39 is 11.4 Å². The number of hydrogen-bond donors (Lipinski definition) is 1. The Morgan fingerprint density at radius 2 is 2.27 bits per heavy atom. The minimum atomic E-state index is -0.638. The highest BCUT2D eigenvalue weighted by Gasteiger charge is 2.46. The lowest BCUT2D eigenvalue weighted by molar-refractivity contribution is -0.150. The van der Waals surface area contributed by atoms with Gasteiger partial charge in [0.1, 0.15) is 0 Å². The van der Waals surface area contributed by atoms with E-state index in [-0.39, 0.29) is 5.92 Å². The molecule has 1 fully saturated rings. The Hall–Kier alpha value is -0.830. The molecule has 1 saturated heterocycles. The van der Waals surface area contributed by atoms with Crippen molar-refractivity contribution in [3.63, 3.8) is 0 Å². The molecule has 1 atom stereocenters. The molecule has 1 unspecified atom stereocenters. The van der Waals surface area contributed by atoms with Crippen LogP contribution >= 0.6 is 0 Å². The fourth-order valence-corrected chi connectivity index (χ4v) is 2.22. The van der Waals surface area contributed by atoms with Crippen molar-refractivity contribution in [3.05, 3.63) is 12.2 Å². The van der Waals surface area contributed by atoms with Crippen molar-refractivity contribution in [2.45, 2.75) is 27.2 Å². The van der Waals surface area contributed by atoms with Gasteiger partial charge in [0, 0.05) is 13.1 Å². The van der Waals surface area contributed by atoms with E-state index in [1.807, 2.05) is 26.8 Å². The van der Waals surface area contributed by atoms with Crippen LogP contribution in [0.5, 0.6) is 0 Å². The molecule has 15 heavy (non-hydrogen) atoms. The van der Waals surface area contributed by atoms with Crippen molar-refractivity contribution in [1.82, 2.24) is 4.90 Å². The molecule has 3 nitrogen and oxygen atoms in total. The van der Waals surface area contributed by atoms with E-state index in [4.69, 9.17) is 0 Å². The maximum atomic E-state index is 11.3. The maximum absolute atomic E-state index is 11.3. The Morgan fingerprint density at radius 1 is 1.60 bits per heavy atom. The first-order chi connectivity index (χ1) is 7.03. The van der Waals surface area contributed by atoms with Crippen LogP contribution in [0.4, 0.5) is 0 Å². The smallest absolute Gasteiger partial charge is 0.311 e. The Kier molecular flexibility index (Phi) is 3.91.